The van der Waals surface area contributed by atoms with Crippen molar-refractivity contribution in [3.05, 3.63) is 59.7 Å². The zero-order valence-electron chi connectivity index (χ0n) is 16.5. The van der Waals surface area contributed by atoms with Crippen LogP contribution >= 0.6 is 0 Å². The molecule has 4 rings (SSSR count). The van der Waals surface area contributed by atoms with E-state index in [0.717, 1.165) is 43.6 Å². The summed E-state index contributed by atoms with van der Waals surface area (Å²) < 4.78 is 10.9. The van der Waals surface area contributed by atoms with E-state index in [2.05, 4.69) is 59.6 Å². The predicted molar refractivity (Wildman–Crippen MR) is 108 cm³/mol. The molecule has 0 amide bonds. The summed E-state index contributed by atoms with van der Waals surface area (Å²) in [6, 6.07) is 17.4. The lowest BCUT2D eigenvalue weighted by Crippen LogP contribution is -2.44. The summed E-state index contributed by atoms with van der Waals surface area (Å²) >= 11 is 0. The fourth-order valence-corrected chi connectivity index (χ4v) is 4.89. The van der Waals surface area contributed by atoms with Crippen LogP contribution in [0.5, 0.6) is 11.5 Å². The second-order valence-corrected chi connectivity index (χ2v) is 7.97. The van der Waals surface area contributed by atoms with Gasteiger partial charge in [-0.3, -0.25) is 4.90 Å². The molecule has 2 aromatic carbocycles. The normalized spacial score (nSPS) is 28.0. The Morgan fingerprint density at radius 2 is 1.70 bits per heavy atom. The second kappa shape index (κ2) is 7.91. The average Bonchev–Trinajstić information content (AvgIpc) is 3.13. The van der Waals surface area contributed by atoms with Crippen LogP contribution in [0.15, 0.2) is 48.5 Å². The molecule has 2 aliphatic rings. The molecule has 0 aromatic heterocycles. The molecular weight excluding hydrogens is 336 g/mol. The van der Waals surface area contributed by atoms with Crippen LogP contribution in [-0.4, -0.2) is 38.8 Å². The summed E-state index contributed by atoms with van der Waals surface area (Å²) in [4.78, 5) is 2.60. The van der Waals surface area contributed by atoms with Gasteiger partial charge in [0.15, 0.2) is 0 Å². The molecule has 2 heterocycles. The molecule has 2 aromatic rings. The number of rotatable bonds is 5. The number of nitrogens with zero attached hydrogens (tertiary/aromatic N) is 1. The zero-order chi connectivity index (χ0) is 18.8. The summed E-state index contributed by atoms with van der Waals surface area (Å²) in [7, 11) is 3.48. The number of para-hydroxylation sites is 1. The number of methoxy groups -OCH3 is 2. The van der Waals surface area contributed by atoms with E-state index in [4.69, 9.17) is 9.47 Å². The number of hydrogen-bond donors (Lipinski definition) is 1. The first-order valence-electron chi connectivity index (χ1n) is 9.91. The fourth-order valence-electron chi connectivity index (χ4n) is 4.89. The Balaban J connectivity index is 1.52. The maximum Gasteiger partial charge on any atom is 0.123 e. The highest BCUT2D eigenvalue weighted by Gasteiger charge is 2.43. The quantitative estimate of drug-likeness (QED) is 0.874. The Morgan fingerprint density at radius 1 is 0.963 bits per heavy atom. The van der Waals surface area contributed by atoms with Crippen LogP contribution in [-0.2, 0) is 6.54 Å². The first kappa shape index (κ1) is 18.3. The van der Waals surface area contributed by atoms with Gasteiger partial charge in [-0.2, -0.15) is 0 Å². The summed E-state index contributed by atoms with van der Waals surface area (Å²) in [6.07, 6.45) is 0. The van der Waals surface area contributed by atoms with E-state index in [1.54, 1.807) is 14.2 Å². The van der Waals surface area contributed by atoms with Gasteiger partial charge in [0, 0.05) is 31.2 Å². The first-order valence-corrected chi connectivity index (χ1v) is 9.91. The van der Waals surface area contributed by atoms with Crippen LogP contribution in [0.2, 0.25) is 0 Å². The number of ether oxygens (including phenoxy) is 2. The molecule has 1 N–H and O–H groups in total. The van der Waals surface area contributed by atoms with Gasteiger partial charge in [-0.05, 0) is 48.1 Å². The van der Waals surface area contributed by atoms with Crippen LogP contribution in [0.4, 0.5) is 0 Å². The molecule has 0 saturated carbocycles. The van der Waals surface area contributed by atoms with Gasteiger partial charge in [-0.25, -0.2) is 0 Å². The van der Waals surface area contributed by atoms with Crippen LogP contribution < -0.4 is 14.8 Å². The summed E-state index contributed by atoms with van der Waals surface area (Å²) in [5, 5.41) is 3.81. The third kappa shape index (κ3) is 3.69. The Morgan fingerprint density at radius 3 is 2.44 bits per heavy atom. The molecule has 0 bridgehead atoms. The summed E-state index contributed by atoms with van der Waals surface area (Å²) in [5.41, 5.74) is 2.65. The lowest BCUT2D eigenvalue weighted by atomic mass is 9.75. The molecule has 2 aliphatic heterocycles. The predicted octanol–water partition coefficient (Wildman–Crippen LogP) is 3.73. The first-order chi connectivity index (χ1) is 13.2. The summed E-state index contributed by atoms with van der Waals surface area (Å²) in [6.45, 7) is 6.72. The van der Waals surface area contributed by atoms with Crippen molar-refractivity contribution in [1.29, 1.82) is 0 Å². The molecule has 0 aliphatic carbocycles. The van der Waals surface area contributed by atoms with E-state index in [1.165, 1.54) is 11.1 Å². The molecule has 4 atom stereocenters. The van der Waals surface area contributed by atoms with Crippen molar-refractivity contribution in [3.63, 3.8) is 0 Å². The molecule has 27 heavy (non-hydrogen) atoms. The third-order valence-corrected chi connectivity index (χ3v) is 6.37. The number of fused-ring (bicyclic) bond motifs is 1. The van der Waals surface area contributed by atoms with Crippen molar-refractivity contribution in [3.8, 4) is 11.5 Å². The number of hydrogen-bond acceptors (Lipinski definition) is 4. The zero-order valence-corrected chi connectivity index (χ0v) is 16.5. The number of piperidine rings is 1. The smallest absolute Gasteiger partial charge is 0.123 e. The van der Waals surface area contributed by atoms with Gasteiger partial charge in [0.25, 0.3) is 0 Å². The van der Waals surface area contributed by atoms with Crippen molar-refractivity contribution < 1.29 is 9.47 Å². The van der Waals surface area contributed by atoms with Gasteiger partial charge >= 0.3 is 0 Å². The minimum atomic E-state index is 0.416. The van der Waals surface area contributed by atoms with Crippen molar-refractivity contribution >= 4 is 0 Å². The Hall–Kier alpha value is -2.04. The van der Waals surface area contributed by atoms with Gasteiger partial charge in [0.05, 0.1) is 14.2 Å². The summed E-state index contributed by atoms with van der Waals surface area (Å²) in [5.74, 6) is 3.98. The van der Waals surface area contributed by atoms with Gasteiger partial charge in [-0.15, -0.1) is 0 Å². The number of benzene rings is 2. The lowest BCUT2D eigenvalue weighted by molar-refractivity contribution is 0.177. The second-order valence-electron chi connectivity index (χ2n) is 7.97. The van der Waals surface area contributed by atoms with E-state index in [1.807, 2.05) is 6.07 Å². The Labute approximate surface area is 162 Å². The highest BCUT2D eigenvalue weighted by molar-refractivity contribution is 5.33. The molecule has 0 radical (unpaired) electrons. The molecule has 2 saturated heterocycles. The van der Waals surface area contributed by atoms with E-state index in [-0.39, 0.29) is 0 Å². The molecule has 4 nitrogen and oxygen atoms in total. The monoisotopic (exact) mass is 366 g/mol. The topological polar surface area (TPSA) is 33.7 Å². The highest BCUT2D eigenvalue weighted by Crippen LogP contribution is 2.42. The minimum absolute atomic E-state index is 0.416. The van der Waals surface area contributed by atoms with E-state index < -0.39 is 0 Å². The van der Waals surface area contributed by atoms with Crippen LogP contribution in [0.1, 0.15) is 24.1 Å². The van der Waals surface area contributed by atoms with Crippen LogP contribution in [0.25, 0.3) is 0 Å². The van der Waals surface area contributed by atoms with Crippen LogP contribution in [0.3, 0.4) is 0 Å². The van der Waals surface area contributed by atoms with E-state index in [0.29, 0.717) is 17.9 Å². The average molecular weight is 367 g/mol. The minimum Gasteiger partial charge on any atom is -0.497 e. The third-order valence-electron chi connectivity index (χ3n) is 6.37. The molecule has 144 valence electrons. The largest absolute Gasteiger partial charge is 0.497 e. The molecule has 4 heteroatoms. The Bertz CT molecular complexity index is 761. The molecule has 2 fully saturated rings. The Kier molecular flexibility index (Phi) is 5.37. The van der Waals surface area contributed by atoms with E-state index >= 15 is 0 Å². The van der Waals surface area contributed by atoms with Crippen molar-refractivity contribution in [2.75, 3.05) is 33.9 Å². The molecule has 0 spiro atoms. The van der Waals surface area contributed by atoms with Crippen molar-refractivity contribution in [2.24, 2.45) is 17.8 Å². The lowest BCUT2D eigenvalue weighted by Gasteiger charge is -2.38. The van der Waals surface area contributed by atoms with Gasteiger partial charge in [-0.1, -0.05) is 37.3 Å². The molecule has 0 unspecified atom stereocenters. The maximum atomic E-state index is 5.56. The van der Waals surface area contributed by atoms with Crippen molar-refractivity contribution in [1.82, 2.24) is 10.2 Å². The van der Waals surface area contributed by atoms with Crippen molar-refractivity contribution in [2.45, 2.75) is 19.5 Å². The SMILES string of the molecule is COc1ccc([C@H]2NC[C@@H](C)[C@H]3CN(Cc4ccccc4OC)C[C@H]32)cc1. The highest BCUT2D eigenvalue weighted by atomic mass is 16.5. The van der Waals surface area contributed by atoms with Gasteiger partial charge < -0.3 is 14.8 Å². The van der Waals surface area contributed by atoms with Gasteiger partial charge in [0.1, 0.15) is 11.5 Å². The van der Waals surface area contributed by atoms with Gasteiger partial charge in [0.2, 0.25) is 0 Å². The van der Waals surface area contributed by atoms with Crippen LogP contribution in [0, 0.1) is 17.8 Å². The fraction of sp³-hybridized carbons (Fsp3) is 0.478. The standard InChI is InChI=1S/C23H30N2O2/c1-16-12-24-23(17-8-10-19(26-2)11-9-17)21-15-25(14-20(16)21)13-18-6-4-5-7-22(18)27-3/h4-11,16,20-21,23-24H,12-15H2,1-3H3/t16-,20-,21-,23-/m1/s1. The molecular formula is C23H30N2O2. The number of likely N-dealkylation sites (tertiary alicyclic amines) is 1. The maximum absolute atomic E-state index is 5.56. The number of nitrogens with one attached hydrogen (secondary N) is 1. The van der Waals surface area contributed by atoms with E-state index in [9.17, 15) is 0 Å².